The molecule has 5 rings (SSSR count). The average Bonchev–Trinajstić information content (AvgIpc) is 3.38. The summed E-state index contributed by atoms with van der Waals surface area (Å²) >= 11 is 0. The molecule has 9 atom stereocenters. The van der Waals surface area contributed by atoms with Gasteiger partial charge < -0.3 is 18.9 Å². The number of allylic oxidation sites excluding steroid dienone is 3. The molecule has 1 aromatic carbocycles. The summed E-state index contributed by atoms with van der Waals surface area (Å²) in [6, 6.07) is 8.98. The third-order valence-corrected chi connectivity index (χ3v) is 14.6. The van der Waals surface area contributed by atoms with Crippen LogP contribution in [-0.4, -0.2) is 52.4 Å². The highest BCUT2D eigenvalue weighted by Gasteiger charge is 2.61. The molecule has 0 N–H and O–H groups in total. The van der Waals surface area contributed by atoms with Crippen molar-refractivity contribution in [3.63, 3.8) is 0 Å². The van der Waals surface area contributed by atoms with Crippen molar-refractivity contribution in [2.45, 2.75) is 108 Å². The molecule has 254 valence electrons. The molecule has 3 saturated carbocycles. The lowest BCUT2D eigenvalue weighted by molar-refractivity contribution is -0.0831. The van der Waals surface area contributed by atoms with E-state index in [1.54, 1.807) is 12.1 Å². The topological polar surface area (TPSA) is 105 Å². The maximum Gasteiger partial charge on any atom is 0.508 e. The minimum Gasteiger partial charge on any atom is -0.438 e. The maximum absolute atomic E-state index is 14.2. The van der Waals surface area contributed by atoms with Crippen molar-refractivity contribution in [1.29, 1.82) is 0 Å². The molecule has 3 fully saturated rings. The fraction of sp³-hybridized carbons (Fsp3) is 0.676. The fourth-order valence-corrected chi connectivity index (χ4v) is 11.8. The zero-order chi connectivity index (χ0) is 33.4. The molecule has 1 unspecified atom stereocenters. The van der Waals surface area contributed by atoms with Gasteiger partial charge in [-0.2, -0.15) is 0 Å². The van der Waals surface area contributed by atoms with E-state index >= 15 is 0 Å². The van der Waals surface area contributed by atoms with Gasteiger partial charge in [-0.25, -0.2) is 18.0 Å². The van der Waals surface area contributed by atoms with Gasteiger partial charge in [-0.1, -0.05) is 76.1 Å². The quantitative estimate of drug-likeness (QED) is 0.245. The summed E-state index contributed by atoms with van der Waals surface area (Å²) in [5.74, 6) is 1.15. The number of methoxy groups -OCH3 is 2. The van der Waals surface area contributed by atoms with E-state index in [-0.39, 0.29) is 23.2 Å². The van der Waals surface area contributed by atoms with E-state index in [0.717, 1.165) is 37.7 Å². The molecule has 0 amide bonds. The van der Waals surface area contributed by atoms with Crippen molar-refractivity contribution in [2.24, 2.45) is 40.4 Å². The first-order chi connectivity index (χ1) is 21.8. The molecule has 0 heterocycles. The summed E-state index contributed by atoms with van der Waals surface area (Å²) in [6.45, 7) is 11.1. The Morgan fingerprint density at radius 2 is 1.57 bits per heavy atom. The van der Waals surface area contributed by atoms with Crippen molar-refractivity contribution in [3.05, 3.63) is 53.6 Å². The van der Waals surface area contributed by atoms with Gasteiger partial charge in [0, 0.05) is 18.3 Å². The fourth-order valence-electron chi connectivity index (χ4n) is 9.76. The molecule has 0 aromatic heterocycles. The Bertz CT molecular complexity index is 1450. The van der Waals surface area contributed by atoms with Crippen LogP contribution < -0.4 is 0 Å². The third kappa shape index (κ3) is 6.13. The number of sulfone groups is 1. The van der Waals surface area contributed by atoms with Gasteiger partial charge in [0.1, 0.15) is 12.2 Å². The predicted molar refractivity (Wildman–Crippen MR) is 176 cm³/mol. The first-order valence-electron chi connectivity index (χ1n) is 17.0. The molecule has 0 bridgehead atoms. The lowest BCUT2D eigenvalue weighted by Gasteiger charge is -2.57. The summed E-state index contributed by atoms with van der Waals surface area (Å²) in [5.41, 5.74) is 1.96. The Morgan fingerprint density at radius 3 is 2.22 bits per heavy atom. The van der Waals surface area contributed by atoms with Gasteiger partial charge in [0.25, 0.3) is 0 Å². The number of hydrogen-bond donors (Lipinski definition) is 0. The standard InChI is InChI=1S/C37H52O8S/c1-23(2)13-18-32(46(40,41)27-11-9-8-10-12-27)24(3)29-16-17-30-28-15-14-25-21-26(44-34(38)42-6)22-33(45-35(39)43-7)37(25,5)31(28)19-20-36(29,30)4/h8-12,14-15,23-24,26,29-33H,13,16-22H2,1-7H3/t24-,26+,29+,30-,31-,32?,33-,36+,37-/m0/s1. The van der Waals surface area contributed by atoms with E-state index in [1.165, 1.54) is 19.8 Å². The number of carbonyl (C=O) groups excluding carboxylic acids is 2. The van der Waals surface area contributed by atoms with E-state index in [2.05, 4.69) is 46.8 Å². The molecule has 46 heavy (non-hydrogen) atoms. The molecular weight excluding hydrogens is 604 g/mol. The minimum absolute atomic E-state index is 0.00250. The third-order valence-electron chi connectivity index (χ3n) is 12.2. The summed E-state index contributed by atoms with van der Waals surface area (Å²) < 4.78 is 49.5. The molecule has 1 aromatic rings. The second-order valence-corrected chi connectivity index (χ2v) is 17.1. The van der Waals surface area contributed by atoms with Crippen LogP contribution in [0.3, 0.4) is 0 Å². The minimum atomic E-state index is -3.51. The van der Waals surface area contributed by atoms with Crippen LogP contribution in [0, 0.1) is 40.4 Å². The number of rotatable bonds is 9. The monoisotopic (exact) mass is 656 g/mol. The van der Waals surface area contributed by atoms with Crippen LogP contribution in [0.4, 0.5) is 9.59 Å². The highest BCUT2D eigenvalue weighted by molar-refractivity contribution is 7.92. The molecular formula is C37H52O8S. The Labute approximate surface area is 275 Å². The zero-order valence-corrected chi connectivity index (χ0v) is 29.3. The van der Waals surface area contributed by atoms with Crippen molar-refractivity contribution < 1.29 is 37.0 Å². The highest BCUT2D eigenvalue weighted by atomic mass is 32.2. The Kier molecular flexibility index (Phi) is 10.0. The zero-order valence-electron chi connectivity index (χ0n) is 28.5. The molecule has 0 saturated heterocycles. The Morgan fingerprint density at radius 1 is 0.891 bits per heavy atom. The number of fused-ring (bicyclic) bond motifs is 5. The van der Waals surface area contributed by atoms with Gasteiger partial charge in [0.15, 0.2) is 9.84 Å². The normalized spacial score (nSPS) is 33.3. The first-order valence-corrected chi connectivity index (χ1v) is 18.5. The largest absolute Gasteiger partial charge is 0.508 e. The predicted octanol–water partition coefficient (Wildman–Crippen LogP) is 8.31. The van der Waals surface area contributed by atoms with E-state index < -0.39 is 45.0 Å². The Hall–Kier alpha value is -2.81. The summed E-state index contributed by atoms with van der Waals surface area (Å²) in [4.78, 5) is 24.9. The van der Waals surface area contributed by atoms with Crippen molar-refractivity contribution in [2.75, 3.05) is 14.2 Å². The summed E-state index contributed by atoms with van der Waals surface area (Å²) in [7, 11) is -0.928. The number of ether oxygens (including phenoxy) is 4. The molecule has 0 aliphatic heterocycles. The SMILES string of the molecule is COC(=O)O[C@@H]1CC2=CC=C3[C@@H]4CC[C@H]([C@H](C)C(CCC(C)C)S(=O)(=O)c5ccccc5)[C@@]4(C)CC[C@@H]3[C@@]2(C)[C@@H](OC(=O)OC)C1. The smallest absolute Gasteiger partial charge is 0.438 e. The first kappa shape index (κ1) is 34.5. The molecule has 0 spiro atoms. The van der Waals surface area contributed by atoms with Gasteiger partial charge in [0.2, 0.25) is 0 Å². The summed E-state index contributed by atoms with van der Waals surface area (Å²) in [5, 5.41) is -0.442. The van der Waals surface area contributed by atoms with Crippen molar-refractivity contribution in [3.8, 4) is 0 Å². The van der Waals surface area contributed by atoms with Crippen LogP contribution in [0.5, 0.6) is 0 Å². The lowest BCUT2D eigenvalue weighted by Crippen LogP contribution is -2.54. The molecule has 8 nitrogen and oxygen atoms in total. The number of carbonyl (C=O) groups is 2. The van der Waals surface area contributed by atoms with E-state index in [9.17, 15) is 18.0 Å². The van der Waals surface area contributed by atoms with Crippen LogP contribution in [0.15, 0.2) is 58.5 Å². The van der Waals surface area contributed by atoms with Gasteiger partial charge in [-0.15, -0.1) is 0 Å². The van der Waals surface area contributed by atoms with Crippen LogP contribution in [-0.2, 0) is 28.8 Å². The van der Waals surface area contributed by atoms with Gasteiger partial charge in [0.05, 0.1) is 24.4 Å². The van der Waals surface area contributed by atoms with Crippen molar-refractivity contribution >= 4 is 22.1 Å². The maximum atomic E-state index is 14.2. The van der Waals surface area contributed by atoms with Crippen LogP contribution in [0.1, 0.15) is 86.0 Å². The highest BCUT2D eigenvalue weighted by Crippen LogP contribution is 2.66. The second kappa shape index (κ2) is 13.4. The van der Waals surface area contributed by atoms with Crippen LogP contribution in [0.2, 0.25) is 0 Å². The average molecular weight is 657 g/mol. The molecule has 4 aliphatic carbocycles. The lowest BCUT2D eigenvalue weighted by atomic mass is 9.49. The van der Waals surface area contributed by atoms with Gasteiger partial charge in [-0.05, 0) is 85.7 Å². The van der Waals surface area contributed by atoms with E-state index in [4.69, 9.17) is 18.9 Å². The second-order valence-electron chi connectivity index (χ2n) is 14.9. The van der Waals surface area contributed by atoms with E-state index in [1.807, 2.05) is 18.2 Å². The number of hydrogen-bond acceptors (Lipinski definition) is 8. The summed E-state index contributed by atoms with van der Waals surface area (Å²) in [6.07, 6.45) is 8.20. The van der Waals surface area contributed by atoms with E-state index in [0.29, 0.717) is 36.0 Å². The van der Waals surface area contributed by atoms with Gasteiger partial charge >= 0.3 is 12.3 Å². The van der Waals surface area contributed by atoms with Crippen LogP contribution in [0.25, 0.3) is 0 Å². The van der Waals surface area contributed by atoms with Gasteiger partial charge in [-0.3, -0.25) is 0 Å². The molecule has 0 radical (unpaired) electrons. The van der Waals surface area contributed by atoms with Crippen LogP contribution >= 0.6 is 0 Å². The molecule has 4 aliphatic rings. The number of benzene rings is 1. The molecule has 9 heteroatoms. The Balaban J connectivity index is 1.46. The van der Waals surface area contributed by atoms with Crippen molar-refractivity contribution in [1.82, 2.24) is 0 Å².